The van der Waals surface area contributed by atoms with Crippen molar-refractivity contribution in [2.24, 2.45) is 5.16 Å². The van der Waals surface area contributed by atoms with Crippen molar-refractivity contribution >= 4 is 51.9 Å². The fourth-order valence-corrected chi connectivity index (χ4v) is 6.19. The minimum Gasteiger partial charge on any atom is -0.543 e. The van der Waals surface area contributed by atoms with Crippen molar-refractivity contribution in [2.75, 3.05) is 45.3 Å². The third-order valence-electron chi connectivity index (χ3n) is 5.85. The van der Waals surface area contributed by atoms with E-state index in [4.69, 9.17) is 5.73 Å². The number of nitrogen functional groups attached to an aromatic ring is 1. The number of carbonyl (C=O) groups is 3. The number of rotatable bonds is 7. The number of carboxylic acid groups (broad SMARTS) is 1. The molecule has 2 fully saturated rings. The van der Waals surface area contributed by atoms with E-state index < -0.39 is 41.4 Å². The minimum atomic E-state index is -1.51. The normalized spacial score (nSPS) is 28.4. The molecule has 14 nitrogen and oxygen atoms in total. The third-order valence-corrected chi connectivity index (χ3v) is 7.73. The Morgan fingerprint density at radius 2 is 2.06 bits per heavy atom. The monoisotopic (exact) mass is 513 g/mol. The van der Waals surface area contributed by atoms with E-state index in [-0.39, 0.29) is 52.2 Å². The highest BCUT2D eigenvalue weighted by atomic mass is 32.2. The number of anilines is 1. The van der Waals surface area contributed by atoms with E-state index in [0.29, 0.717) is 5.57 Å². The molecule has 1 aromatic rings. The molecular weight excluding hydrogens is 490 g/mol. The number of aliphatic hydroxyl groups is 2. The van der Waals surface area contributed by atoms with Crippen molar-refractivity contribution in [2.45, 2.75) is 23.6 Å². The Kier molecular flexibility index (Phi) is 6.52. The Balaban J connectivity index is 1.52. The molecule has 2 amide bonds. The highest BCUT2D eigenvalue weighted by Gasteiger charge is 2.54. The van der Waals surface area contributed by atoms with Gasteiger partial charge in [-0.25, -0.2) is 0 Å². The summed E-state index contributed by atoms with van der Waals surface area (Å²) in [6.07, 6.45) is -1.81. The van der Waals surface area contributed by atoms with Gasteiger partial charge >= 0.3 is 0 Å². The molecule has 2 saturated heterocycles. The van der Waals surface area contributed by atoms with Crippen molar-refractivity contribution in [3.05, 3.63) is 17.1 Å². The molecule has 16 heteroatoms. The largest absolute Gasteiger partial charge is 0.543 e. The average Bonchev–Trinajstić information content (AvgIpc) is 3.30. The first-order valence-corrected chi connectivity index (χ1v) is 12.0. The molecule has 0 saturated carbocycles. The number of oxime groups is 1. The highest BCUT2D eigenvalue weighted by molar-refractivity contribution is 8.00. The Bertz CT molecular complexity index is 1080. The quantitative estimate of drug-likeness (QED) is 0.120. The molecular formula is C18H23N7O7S2. The van der Waals surface area contributed by atoms with Crippen molar-refractivity contribution in [3.8, 4) is 0 Å². The van der Waals surface area contributed by atoms with Crippen LogP contribution in [0.1, 0.15) is 5.82 Å². The van der Waals surface area contributed by atoms with Crippen LogP contribution >= 0.6 is 23.3 Å². The first kappa shape index (κ1) is 24.3. The molecule has 1 aromatic heterocycles. The van der Waals surface area contributed by atoms with E-state index in [0.717, 1.165) is 16.4 Å². The number of fused-ring (bicyclic) bond motifs is 1. The minimum absolute atomic E-state index is 0.0636. The molecule has 184 valence electrons. The predicted molar refractivity (Wildman–Crippen MR) is 118 cm³/mol. The Labute approximate surface area is 201 Å². The van der Waals surface area contributed by atoms with Crippen LogP contribution in [-0.2, 0) is 19.2 Å². The lowest BCUT2D eigenvalue weighted by Gasteiger charge is -2.51. The first-order valence-electron chi connectivity index (χ1n) is 10.1. The lowest BCUT2D eigenvalue weighted by atomic mass is 10.0. The summed E-state index contributed by atoms with van der Waals surface area (Å²) in [4.78, 5) is 47.3. The second-order valence-corrected chi connectivity index (χ2v) is 10.3. The molecule has 4 rings (SSSR count). The standard InChI is InChI=1S/C18H23N7O7S2/c1-25(4-8(26)9(27)5-25)3-7-6-33-16-11(15(29)24(16)12(7)17(30)31)20-14(28)10(22-32-2)13-21-18(19)34-23-13/h8-9,11,16,26-27H,3-6H2,1-2H3,(H3-,19,20,21,23,28,30,31)/b22-10-/t8-,9-,11?,16-/m0/s1. The van der Waals surface area contributed by atoms with Gasteiger partial charge in [-0.15, -0.1) is 11.8 Å². The van der Waals surface area contributed by atoms with E-state index in [9.17, 15) is 29.7 Å². The zero-order chi connectivity index (χ0) is 24.8. The maximum Gasteiger partial charge on any atom is 0.278 e. The van der Waals surface area contributed by atoms with Gasteiger partial charge in [-0.2, -0.15) is 9.36 Å². The van der Waals surface area contributed by atoms with Gasteiger partial charge in [0.2, 0.25) is 11.5 Å². The summed E-state index contributed by atoms with van der Waals surface area (Å²) in [5.74, 6) is -2.69. The van der Waals surface area contributed by atoms with Crippen LogP contribution in [0.3, 0.4) is 0 Å². The number of carboxylic acids is 1. The second-order valence-electron chi connectivity index (χ2n) is 8.46. The average molecular weight is 514 g/mol. The van der Waals surface area contributed by atoms with Gasteiger partial charge in [0, 0.05) is 22.9 Å². The zero-order valence-electron chi connectivity index (χ0n) is 18.2. The maximum atomic E-state index is 12.9. The number of hydrogen-bond donors (Lipinski definition) is 4. The maximum absolute atomic E-state index is 12.9. The van der Waals surface area contributed by atoms with Gasteiger partial charge in [0.05, 0.1) is 18.7 Å². The first-order chi connectivity index (χ1) is 16.0. The zero-order valence-corrected chi connectivity index (χ0v) is 19.8. The lowest BCUT2D eigenvalue weighted by molar-refractivity contribution is -0.895. The van der Waals surface area contributed by atoms with Crippen LogP contribution in [0.15, 0.2) is 16.4 Å². The summed E-state index contributed by atoms with van der Waals surface area (Å²) in [6, 6.07) is -1.01. The van der Waals surface area contributed by atoms with Crippen LogP contribution in [-0.4, -0.2) is 116 Å². The smallest absolute Gasteiger partial charge is 0.278 e. The molecule has 34 heavy (non-hydrogen) atoms. The fourth-order valence-electron chi connectivity index (χ4n) is 4.42. The predicted octanol–water partition coefficient (Wildman–Crippen LogP) is -3.94. The molecule has 1 unspecified atom stereocenters. The Morgan fingerprint density at radius 3 is 2.62 bits per heavy atom. The molecule has 0 aromatic carbocycles. The highest BCUT2D eigenvalue weighted by Crippen LogP contribution is 2.41. The van der Waals surface area contributed by atoms with Gasteiger partial charge in [0.25, 0.3) is 11.8 Å². The van der Waals surface area contributed by atoms with E-state index in [1.807, 2.05) is 0 Å². The number of carbonyl (C=O) groups excluding carboxylic acids is 3. The number of likely N-dealkylation sites (tertiary alicyclic amines) is 1. The van der Waals surface area contributed by atoms with E-state index in [2.05, 4.69) is 24.7 Å². The van der Waals surface area contributed by atoms with Crippen LogP contribution in [0.5, 0.6) is 0 Å². The van der Waals surface area contributed by atoms with Crippen LogP contribution in [0, 0.1) is 0 Å². The van der Waals surface area contributed by atoms with Gasteiger partial charge in [-0.3, -0.25) is 14.5 Å². The fraction of sp³-hybridized carbons (Fsp3) is 0.556. The van der Waals surface area contributed by atoms with Crippen LogP contribution in [0.4, 0.5) is 5.13 Å². The Hall–Kier alpha value is -2.79. The molecule has 0 aliphatic carbocycles. The summed E-state index contributed by atoms with van der Waals surface area (Å²) in [5.41, 5.74) is 5.51. The number of aliphatic carboxylic acids is 1. The SMILES string of the molecule is CO/N=C(\C(=O)NC1C(=O)N2C(C(=O)[O-])=C(C[N+]3(C)C[C@H](O)[C@@H](O)C3)CS[C@@H]12)c1nsc(N)n1. The number of aliphatic hydroxyl groups excluding tert-OH is 2. The number of likely N-dealkylation sites (N-methyl/N-ethyl adjacent to an activating group) is 1. The molecule has 5 N–H and O–H groups in total. The van der Waals surface area contributed by atoms with E-state index >= 15 is 0 Å². The van der Waals surface area contributed by atoms with E-state index in [1.165, 1.54) is 18.9 Å². The molecule has 4 atom stereocenters. The van der Waals surface area contributed by atoms with Gasteiger partial charge in [0.15, 0.2) is 5.13 Å². The summed E-state index contributed by atoms with van der Waals surface area (Å²) in [6.45, 7) is 0.727. The summed E-state index contributed by atoms with van der Waals surface area (Å²) in [7, 11) is 3.03. The second kappa shape index (κ2) is 9.10. The number of thioether (sulfide) groups is 1. The number of quaternary nitrogens is 1. The van der Waals surface area contributed by atoms with Crippen molar-refractivity contribution in [3.63, 3.8) is 0 Å². The van der Waals surface area contributed by atoms with Gasteiger partial charge < -0.3 is 40.5 Å². The topological polar surface area (TPSA) is 203 Å². The number of nitrogens with two attached hydrogens (primary N) is 1. The summed E-state index contributed by atoms with van der Waals surface area (Å²) < 4.78 is 4.15. The number of nitrogens with one attached hydrogen (secondary N) is 1. The summed E-state index contributed by atoms with van der Waals surface area (Å²) >= 11 is 2.15. The van der Waals surface area contributed by atoms with E-state index in [1.54, 1.807) is 7.05 Å². The van der Waals surface area contributed by atoms with Crippen LogP contribution in [0.2, 0.25) is 0 Å². The molecule has 0 radical (unpaired) electrons. The molecule has 0 bridgehead atoms. The number of nitrogens with zero attached hydrogens (tertiary/aromatic N) is 5. The third kappa shape index (κ3) is 4.34. The number of amides is 2. The molecule has 4 heterocycles. The van der Waals surface area contributed by atoms with Gasteiger partial charge in [-0.05, 0) is 0 Å². The molecule has 3 aliphatic heterocycles. The lowest BCUT2D eigenvalue weighted by Crippen LogP contribution is -2.71. The number of β-lactam (4-membered cyclic amide) rings is 1. The molecule has 0 spiro atoms. The number of hydrogen-bond acceptors (Lipinski definition) is 13. The van der Waals surface area contributed by atoms with Gasteiger partial charge in [-0.1, -0.05) is 5.16 Å². The summed E-state index contributed by atoms with van der Waals surface area (Å²) in [5, 5.41) is 37.4. The molecule has 3 aliphatic rings. The van der Waals surface area contributed by atoms with Gasteiger partial charge in [0.1, 0.15) is 50.4 Å². The Morgan fingerprint density at radius 1 is 1.38 bits per heavy atom. The van der Waals surface area contributed by atoms with Crippen LogP contribution < -0.4 is 16.2 Å². The number of aromatic nitrogens is 2. The van der Waals surface area contributed by atoms with Crippen molar-refractivity contribution < 1.29 is 39.0 Å². The van der Waals surface area contributed by atoms with Crippen molar-refractivity contribution in [1.82, 2.24) is 19.6 Å². The van der Waals surface area contributed by atoms with Crippen molar-refractivity contribution in [1.29, 1.82) is 0 Å². The van der Waals surface area contributed by atoms with Crippen LogP contribution in [0.25, 0.3) is 0 Å².